The van der Waals surface area contributed by atoms with Gasteiger partial charge in [-0.25, -0.2) is 5.43 Å². The molecule has 2 aromatic rings. The Kier molecular flexibility index (Phi) is 8.20. The van der Waals surface area contributed by atoms with E-state index in [4.69, 9.17) is 14.7 Å². The standard InChI is InChI=1S/C21H22N4O4/c1-3-28-19-12-16(13-23-25-20(26)10-11-22)6-9-18(19)29-14-21(27)24-17-7-4-15(2)5-8-17/h4-9,12-13H,3,10,14H2,1-2H3,(H,24,27)(H,25,26)/b23-13-. The van der Waals surface area contributed by atoms with E-state index < -0.39 is 5.91 Å². The lowest BCUT2D eigenvalue weighted by molar-refractivity contribution is -0.120. The fourth-order valence-corrected chi connectivity index (χ4v) is 2.26. The number of nitrogens with zero attached hydrogens (tertiary/aromatic N) is 2. The van der Waals surface area contributed by atoms with E-state index in [0.29, 0.717) is 29.4 Å². The Morgan fingerprint density at radius 3 is 2.55 bits per heavy atom. The molecule has 2 amide bonds. The first-order chi connectivity index (χ1) is 14.0. The molecule has 0 spiro atoms. The summed E-state index contributed by atoms with van der Waals surface area (Å²) in [6.07, 6.45) is 1.16. The van der Waals surface area contributed by atoms with Crippen molar-refractivity contribution in [2.24, 2.45) is 5.10 Å². The maximum Gasteiger partial charge on any atom is 0.262 e. The van der Waals surface area contributed by atoms with Gasteiger partial charge in [-0.05, 0) is 49.7 Å². The Morgan fingerprint density at radius 2 is 1.86 bits per heavy atom. The van der Waals surface area contributed by atoms with Crippen LogP contribution in [0.3, 0.4) is 0 Å². The topological polar surface area (TPSA) is 113 Å². The third-order valence-electron chi connectivity index (χ3n) is 3.60. The second-order valence-electron chi connectivity index (χ2n) is 5.97. The zero-order chi connectivity index (χ0) is 21.1. The highest BCUT2D eigenvalue weighted by atomic mass is 16.5. The van der Waals surface area contributed by atoms with Crippen LogP contribution in [0, 0.1) is 18.3 Å². The number of carbonyl (C=O) groups is 2. The molecule has 0 saturated carbocycles. The average molecular weight is 394 g/mol. The Bertz CT molecular complexity index is 917. The molecular formula is C21H22N4O4. The number of nitriles is 1. The molecule has 8 nitrogen and oxygen atoms in total. The lowest BCUT2D eigenvalue weighted by Gasteiger charge is -2.12. The highest BCUT2D eigenvalue weighted by Gasteiger charge is 2.09. The van der Waals surface area contributed by atoms with E-state index in [1.807, 2.05) is 38.1 Å². The first-order valence-electron chi connectivity index (χ1n) is 8.97. The molecule has 0 aromatic heterocycles. The van der Waals surface area contributed by atoms with Gasteiger partial charge in [-0.2, -0.15) is 10.4 Å². The van der Waals surface area contributed by atoms with Crippen LogP contribution in [-0.2, 0) is 9.59 Å². The molecule has 0 aliphatic rings. The third kappa shape index (κ3) is 7.34. The van der Waals surface area contributed by atoms with Crippen molar-refractivity contribution in [1.29, 1.82) is 5.26 Å². The fraction of sp³-hybridized carbons (Fsp3) is 0.238. The summed E-state index contributed by atoms with van der Waals surface area (Å²) in [7, 11) is 0. The average Bonchev–Trinajstić information content (AvgIpc) is 2.69. The Labute approximate surface area is 169 Å². The molecule has 150 valence electrons. The Morgan fingerprint density at radius 1 is 1.10 bits per heavy atom. The van der Waals surface area contributed by atoms with Gasteiger partial charge in [-0.3, -0.25) is 9.59 Å². The molecule has 2 aromatic carbocycles. The number of rotatable bonds is 9. The van der Waals surface area contributed by atoms with Gasteiger partial charge in [0.1, 0.15) is 6.42 Å². The van der Waals surface area contributed by atoms with E-state index in [2.05, 4.69) is 15.8 Å². The number of ether oxygens (including phenoxy) is 2. The largest absolute Gasteiger partial charge is 0.490 e. The number of nitrogens with one attached hydrogen (secondary N) is 2. The van der Waals surface area contributed by atoms with Gasteiger partial charge in [-0.15, -0.1) is 0 Å². The van der Waals surface area contributed by atoms with Crippen molar-refractivity contribution in [3.63, 3.8) is 0 Å². The summed E-state index contributed by atoms with van der Waals surface area (Å²) >= 11 is 0. The van der Waals surface area contributed by atoms with Crippen molar-refractivity contribution >= 4 is 23.7 Å². The zero-order valence-electron chi connectivity index (χ0n) is 16.3. The number of anilines is 1. The van der Waals surface area contributed by atoms with Crippen molar-refractivity contribution < 1.29 is 19.1 Å². The van der Waals surface area contributed by atoms with E-state index in [1.165, 1.54) is 6.21 Å². The van der Waals surface area contributed by atoms with Crippen molar-refractivity contribution in [1.82, 2.24) is 5.43 Å². The Hall–Kier alpha value is -3.86. The predicted octanol–water partition coefficient (Wildman–Crippen LogP) is 2.78. The van der Waals surface area contributed by atoms with Crippen LogP contribution in [0.15, 0.2) is 47.6 Å². The van der Waals surface area contributed by atoms with Gasteiger partial charge >= 0.3 is 0 Å². The number of aryl methyl sites for hydroxylation is 1. The molecule has 2 N–H and O–H groups in total. The van der Waals surface area contributed by atoms with E-state index >= 15 is 0 Å². The molecule has 0 saturated heterocycles. The molecule has 0 unspecified atom stereocenters. The highest BCUT2D eigenvalue weighted by Crippen LogP contribution is 2.28. The molecule has 0 heterocycles. The fourth-order valence-electron chi connectivity index (χ4n) is 2.26. The summed E-state index contributed by atoms with van der Waals surface area (Å²) in [5.74, 6) is 0.0787. The minimum Gasteiger partial charge on any atom is -0.490 e. The SMILES string of the molecule is CCOc1cc(/C=N\NC(=O)CC#N)ccc1OCC(=O)Nc1ccc(C)cc1. The van der Waals surface area contributed by atoms with E-state index in [9.17, 15) is 9.59 Å². The quantitative estimate of drug-likeness (QED) is 0.502. The lowest BCUT2D eigenvalue weighted by Crippen LogP contribution is -2.20. The van der Waals surface area contributed by atoms with E-state index in [1.54, 1.807) is 24.3 Å². The van der Waals surface area contributed by atoms with Crippen LogP contribution in [0.5, 0.6) is 11.5 Å². The van der Waals surface area contributed by atoms with Gasteiger partial charge in [0.25, 0.3) is 11.8 Å². The lowest BCUT2D eigenvalue weighted by atomic mass is 10.2. The van der Waals surface area contributed by atoms with Gasteiger partial charge in [0.15, 0.2) is 18.1 Å². The van der Waals surface area contributed by atoms with Crippen LogP contribution < -0.4 is 20.2 Å². The molecule has 8 heteroatoms. The molecule has 0 fully saturated rings. The van der Waals surface area contributed by atoms with Crippen LogP contribution in [0.4, 0.5) is 5.69 Å². The van der Waals surface area contributed by atoms with Crippen LogP contribution in [0.25, 0.3) is 0 Å². The smallest absolute Gasteiger partial charge is 0.262 e. The molecular weight excluding hydrogens is 372 g/mol. The van der Waals surface area contributed by atoms with Gasteiger partial charge in [-0.1, -0.05) is 17.7 Å². The maximum absolute atomic E-state index is 12.1. The van der Waals surface area contributed by atoms with Gasteiger partial charge in [0.2, 0.25) is 0 Å². The zero-order valence-corrected chi connectivity index (χ0v) is 16.3. The van der Waals surface area contributed by atoms with Crippen molar-refractivity contribution in [3.05, 3.63) is 53.6 Å². The summed E-state index contributed by atoms with van der Waals surface area (Å²) in [6.45, 7) is 4.03. The molecule has 0 aliphatic carbocycles. The van der Waals surface area contributed by atoms with Crippen LogP contribution in [-0.4, -0.2) is 31.2 Å². The molecule has 2 rings (SSSR count). The first-order valence-corrected chi connectivity index (χ1v) is 8.97. The van der Waals surface area contributed by atoms with Crippen molar-refractivity contribution in [3.8, 4) is 17.6 Å². The number of hydrazone groups is 1. The van der Waals surface area contributed by atoms with Crippen LogP contribution in [0.1, 0.15) is 24.5 Å². The predicted molar refractivity (Wildman–Crippen MR) is 109 cm³/mol. The normalized spacial score (nSPS) is 10.2. The van der Waals surface area contributed by atoms with Crippen LogP contribution in [0.2, 0.25) is 0 Å². The van der Waals surface area contributed by atoms with E-state index in [-0.39, 0.29) is 18.9 Å². The summed E-state index contributed by atoms with van der Waals surface area (Å²) in [6, 6.07) is 14.2. The number of amides is 2. The second kappa shape index (κ2) is 11.1. The number of carbonyl (C=O) groups excluding carboxylic acids is 2. The van der Waals surface area contributed by atoms with Crippen molar-refractivity contribution in [2.45, 2.75) is 20.3 Å². The molecule has 0 atom stereocenters. The molecule has 0 aliphatic heterocycles. The second-order valence-corrected chi connectivity index (χ2v) is 5.97. The minimum absolute atomic E-state index is 0.175. The number of hydrogen-bond acceptors (Lipinski definition) is 6. The highest BCUT2D eigenvalue weighted by molar-refractivity contribution is 5.92. The van der Waals surface area contributed by atoms with Crippen LogP contribution >= 0.6 is 0 Å². The van der Waals surface area contributed by atoms with Gasteiger partial charge < -0.3 is 14.8 Å². The molecule has 0 radical (unpaired) electrons. The Balaban J connectivity index is 1.97. The maximum atomic E-state index is 12.1. The van der Waals surface area contributed by atoms with Gasteiger partial charge in [0.05, 0.1) is 18.9 Å². The minimum atomic E-state index is -0.492. The first kappa shape index (κ1) is 21.4. The summed E-state index contributed by atoms with van der Waals surface area (Å²) in [4.78, 5) is 23.3. The summed E-state index contributed by atoms with van der Waals surface area (Å²) < 4.78 is 11.1. The number of hydrogen-bond donors (Lipinski definition) is 2. The van der Waals surface area contributed by atoms with Crippen molar-refractivity contribution in [2.75, 3.05) is 18.5 Å². The summed E-state index contributed by atoms with van der Waals surface area (Å²) in [5, 5.41) is 15.0. The summed E-state index contributed by atoms with van der Waals surface area (Å²) in [5.41, 5.74) is 4.70. The van der Waals surface area contributed by atoms with E-state index in [0.717, 1.165) is 5.56 Å². The molecule has 0 bridgehead atoms. The third-order valence-corrected chi connectivity index (χ3v) is 3.60. The monoisotopic (exact) mass is 394 g/mol. The molecule has 29 heavy (non-hydrogen) atoms. The number of benzene rings is 2. The van der Waals surface area contributed by atoms with Gasteiger partial charge in [0, 0.05) is 5.69 Å².